The van der Waals surface area contributed by atoms with Crippen LogP contribution in [0.3, 0.4) is 0 Å². The summed E-state index contributed by atoms with van der Waals surface area (Å²) in [4.78, 5) is 15.6. The Bertz CT molecular complexity index is 3070. The summed E-state index contributed by atoms with van der Waals surface area (Å²) in [6.45, 7) is 11.3. The molecule has 0 N–H and O–H groups in total. The van der Waals surface area contributed by atoms with Gasteiger partial charge in [0.15, 0.2) is 0 Å². The summed E-state index contributed by atoms with van der Waals surface area (Å²) in [6.07, 6.45) is 1.93. The van der Waals surface area contributed by atoms with Gasteiger partial charge in [0.25, 0.3) is 0 Å². The van der Waals surface area contributed by atoms with Crippen LogP contribution in [0.5, 0.6) is 0 Å². The summed E-state index contributed by atoms with van der Waals surface area (Å²) in [5, 5.41) is 4.64. The van der Waals surface area contributed by atoms with Crippen LogP contribution in [-0.4, -0.2) is 19.1 Å². The van der Waals surface area contributed by atoms with Crippen molar-refractivity contribution in [1.82, 2.24) is 24.1 Å². The molecule has 6 heteroatoms. The maximum absolute atomic E-state index is 5.51. The zero-order valence-electron chi connectivity index (χ0n) is 31.4. The van der Waals surface area contributed by atoms with Crippen LogP contribution in [0.25, 0.3) is 88.7 Å². The van der Waals surface area contributed by atoms with Gasteiger partial charge < -0.3 is 9.55 Å². The van der Waals surface area contributed by atoms with E-state index in [-0.39, 0.29) is 26.5 Å². The van der Waals surface area contributed by atoms with E-state index in [1.165, 1.54) is 16.5 Å². The molecule has 5 nitrogen and oxygen atoms in total. The van der Waals surface area contributed by atoms with Crippen LogP contribution in [0, 0.1) is 6.07 Å². The molecule has 0 spiro atoms. The Kier molecular flexibility index (Phi) is 8.40. The molecule has 0 saturated heterocycles. The number of rotatable bonds is 5. The van der Waals surface area contributed by atoms with E-state index in [1.807, 2.05) is 12.3 Å². The van der Waals surface area contributed by atoms with Crippen LogP contribution in [0.15, 0.2) is 140 Å². The molecule has 0 aliphatic heterocycles. The van der Waals surface area contributed by atoms with Crippen LogP contribution < -0.4 is 4.98 Å². The molecule has 270 valence electrons. The first-order chi connectivity index (χ1) is 26.2. The van der Waals surface area contributed by atoms with Crippen LogP contribution in [0.4, 0.5) is 0 Å². The minimum Gasteiger partial charge on any atom is -0.656 e. The zero-order chi connectivity index (χ0) is 36.7. The number of aromatic nitrogens is 5. The largest absolute Gasteiger partial charge is 2.00 e. The second-order valence-corrected chi connectivity index (χ2v) is 15.7. The molecule has 0 aliphatic rings. The summed E-state index contributed by atoms with van der Waals surface area (Å²) in [6, 6.07) is 51.3. The van der Waals surface area contributed by atoms with Gasteiger partial charge in [-0.1, -0.05) is 130 Å². The quantitative estimate of drug-likeness (QED) is 0.162. The Morgan fingerprint density at radius 1 is 0.655 bits per heavy atom. The predicted octanol–water partition coefficient (Wildman–Crippen LogP) is 12.3. The molecule has 4 heterocycles. The maximum atomic E-state index is 5.51. The van der Waals surface area contributed by atoms with Gasteiger partial charge in [-0.3, -0.25) is 4.57 Å². The Morgan fingerprint density at radius 2 is 1.42 bits per heavy atom. The van der Waals surface area contributed by atoms with Gasteiger partial charge in [-0.2, -0.15) is 0 Å². The number of imidazole rings is 1. The first kappa shape index (κ1) is 35.0. The minimum atomic E-state index is 0. The molecular weight excluding hydrogens is 854 g/mol. The number of fused-ring (bicyclic) bond motifs is 7. The third kappa shape index (κ3) is 5.64. The monoisotopic (exact) mass is 892 g/mol. The minimum absolute atomic E-state index is 0. The number of benzene rings is 6. The van der Waals surface area contributed by atoms with Gasteiger partial charge in [0.2, 0.25) is 0 Å². The van der Waals surface area contributed by atoms with E-state index < -0.39 is 0 Å². The van der Waals surface area contributed by atoms with Crippen molar-refractivity contribution in [3.05, 3.63) is 157 Å². The number of hydrogen-bond acceptors (Lipinski definition) is 2. The van der Waals surface area contributed by atoms with Crippen molar-refractivity contribution in [1.29, 1.82) is 0 Å². The Hall–Kier alpha value is -5.77. The summed E-state index contributed by atoms with van der Waals surface area (Å²) in [5.41, 5.74) is 12.6. The molecule has 10 rings (SSSR count). The van der Waals surface area contributed by atoms with Gasteiger partial charge >= 0.3 is 21.1 Å². The van der Waals surface area contributed by atoms with Crippen LogP contribution in [0.2, 0.25) is 0 Å². The van der Waals surface area contributed by atoms with Gasteiger partial charge in [0.1, 0.15) is 11.6 Å². The van der Waals surface area contributed by atoms with Crippen molar-refractivity contribution in [3.63, 3.8) is 0 Å². The van der Waals surface area contributed by atoms with E-state index >= 15 is 0 Å². The third-order valence-corrected chi connectivity index (χ3v) is 10.9. The molecule has 0 bridgehead atoms. The molecular formula is C49H39N5Pt. The first-order valence-corrected chi connectivity index (χ1v) is 18.7. The first-order valence-electron chi connectivity index (χ1n) is 18.7. The van der Waals surface area contributed by atoms with E-state index in [9.17, 15) is 0 Å². The summed E-state index contributed by atoms with van der Waals surface area (Å²) in [7, 11) is 0. The Labute approximate surface area is 334 Å². The van der Waals surface area contributed by atoms with Crippen molar-refractivity contribution in [2.45, 2.75) is 46.0 Å². The smallest absolute Gasteiger partial charge is 0.656 e. The van der Waals surface area contributed by atoms with E-state index in [0.717, 1.165) is 83.3 Å². The van der Waals surface area contributed by atoms with Gasteiger partial charge in [-0.25, -0.2) is 9.97 Å². The van der Waals surface area contributed by atoms with Crippen molar-refractivity contribution in [2.24, 2.45) is 0 Å². The molecule has 10 aromatic rings. The van der Waals surface area contributed by atoms with E-state index in [4.69, 9.17) is 15.0 Å². The van der Waals surface area contributed by atoms with Crippen molar-refractivity contribution in [3.8, 4) is 34.0 Å². The van der Waals surface area contributed by atoms with Crippen LogP contribution >= 0.6 is 0 Å². The fraction of sp³-hybridized carbons (Fsp3) is 0.143. The van der Waals surface area contributed by atoms with E-state index in [0.29, 0.717) is 5.92 Å². The number of pyridine rings is 1. The molecule has 0 saturated carbocycles. The average molecular weight is 893 g/mol. The van der Waals surface area contributed by atoms with Gasteiger partial charge in [0.05, 0.1) is 11.0 Å². The standard InChI is InChI=1S/C49H39N5.Pt/c1-30(2)31-25-26-50-45(28-31)54-42-24-22-33(49(3,4)5)29-40(42)37-23-21-32(27-44(37)54)35-16-12-20-43-47(35)52-48(53(43)34-13-7-6-8-14-34)39-18-11-17-38-36-15-9-10-19-41(36)51-46(38)39;/h6-26,28-30H,1-5H3;/q-2;+2. The number of para-hydroxylation sites is 4. The molecule has 0 unspecified atom stereocenters. The Balaban J connectivity index is 0.00000397. The van der Waals surface area contributed by atoms with Crippen LogP contribution in [-0.2, 0) is 26.5 Å². The van der Waals surface area contributed by atoms with Crippen LogP contribution in [0.1, 0.15) is 51.7 Å². The van der Waals surface area contributed by atoms with Crippen molar-refractivity contribution in [2.75, 3.05) is 0 Å². The van der Waals surface area contributed by atoms with E-state index in [1.54, 1.807) is 0 Å². The van der Waals surface area contributed by atoms with Crippen molar-refractivity contribution < 1.29 is 21.1 Å². The summed E-state index contributed by atoms with van der Waals surface area (Å²) < 4.78 is 4.56. The SMILES string of the molecule is CC(C)c1ccnc(-n2c3[c-]c(-c4cccc5c4nc(-c4cccc6c4[n-]c4ccccc46)n5-c4ccccc4)ccc3c3cc(C(C)(C)C)ccc32)c1.[Pt+2]. The molecule has 0 radical (unpaired) electrons. The third-order valence-electron chi connectivity index (χ3n) is 10.9. The molecule has 55 heavy (non-hydrogen) atoms. The fourth-order valence-electron chi connectivity index (χ4n) is 8.04. The van der Waals surface area contributed by atoms with Crippen molar-refractivity contribution >= 4 is 54.6 Å². The molecule has 6 aromatic carbocycles. The second kappa shape index (κ2) is 13.2. The van der Waals surface area contributed by atoms with E-state index in [2.05, 4.69) is 177 Å². The number of nitrogens with zero attached hydrogens (tertiary/aromatic N) is 5. The van der Waals surface area contributed by atoms with Gasteiger partial charge in [-0.15, -0.1) is 34.8 Å². The Morgan fingerprint density at radius 3 is 2.24 bits per heavy atom. The topological polar surface area (TPSA) is 49.7 Å². The predicted molar refractivity (Wildman–Crippen MR) is 224 cm³/mol. The fourth-order valence-corrected chi connectivity index (χ4v) is 8.04. The molecule has 0 fully saturated rings. The molecule has 4 aromatic heterocycles. The molecule has 0 amide bonds. The summed E-state index contributed by atoms with van der Waals surface area (Å²) in [5.74, 6) is 2.14. The second-order valence-electron chi connectivity index (χ2n) is 15.7. The maximum Gasteiger partial charge on any atom is 2.00 e. The normalized spacial score (nSPS) is 12.1. The van der Waals surface area contributed by atoms with Gasteiger partial charge in [0, 0.05) is 23.0 Å². The molecule has 0 aliphatic carbocycles. The molecule has 0 atom stereocenters. The number of hydrogen-bond donors (Lipinski definition) is 0. The zero-order valence-corrected chi connectivity index (χ0v) is 33.7. The average Bonchev–Trinajstić information content (AvgIpc) is 3.87. The van der Waals surface area contributed by atoms with Gasteiger partial charge in [-0.05, 0) is 80.5 Å². The summed E-state index contributed by atoms with van der Waals surface area (Å²) >= 11 is 0.